The predicted octanol–water partition coefficient (Wildman–Crippen LogP) is 1.41. The summed E-state index contributed by atoms with van der Waals surface area (Å²) >= 11 is 0. The molecule has 5 nitrogen and oxygen atoms in total. The first-order chi connectivity index (χ1) is 9.63. The Balaban J connectivity index is 1.79. The number of carbonyl (C=O) groups excluding carboxylic acids is 1. The van der Waals surface area contributed by atoms with Gasteiger partial charge in [-0.25, -0.2) is 0 Å². The normalized spacial score (nSPS) is 34.0. The summed E-state index contributed by atoms with van der Waals surface area (Å²) in [6.45, 7) is 0.434. The van der Waals surface area contributed by atoms with E-state index >= 15 is 0 Å². The first kappa shape index (κ1) is 13.2. The van der Waals surface area contributed by atoms with E-state index in [2.05, 4.69) is 6.07 Å². The van der Waals surface area contributed by atoms with E-state index in [1.54, 1.807) is 4.90 Å². The third-order valence-electron chi connectivity index (χ3n) is 4.76. The highest BCUT2D eigenvalue weighted by Gasteiger charge is 2.53. The number of carbonyl (C=O) groups is 2. The molecule has 3 aliphatic carbocycles. The molecule has 3 rings (SSSR count). The lowest BCUT2D eigenvalue weighted by Gasteiger charge is -2.30. The van der Waals surface area contributed by atoms with Crippen molar-refractivity contribution in [3.8, 4) is 6.07 Å². The van der Waals surface area contributed by atoms with Gasteiger partial charge in [0.2, 0.25) is 5.91 Å². The summed E-state index contributed by atoms with van der Waals surface area (Å²) in [5.74, 6) is -1.86. The summed E-state index contributed by atoms with van der Waals surface area (Å²) in [6, 6.07) is 2.30. The summed E-state index contributed by atoms with van der Waals surface area (Å²) in [4.78, 5) is 26.0. The molecule has 20 heavy (non-hydrogen) atoms. The molecule has 0 aromatic carbocycles. The van der Waals surface area contributed by atoms with Crippen LogP contribution in [0.4, 0.5) is 0 Å². The number of carboxylic acids is 1. The maximum atomic E-state index is 12.8. The third kappa shape index (κ3) is 2.09. The van der Waals surface area contributed by atoms with Crippen molar-refractivity contribution in [2.24, 2.45) is 23.7 Å². The van der Waals surface area contributed by atoms with Crippen molar-refractivity contribution in [2.45, 2.75) is 31.7 Å². The van der Waals surface area contributed by atoms with Gasteiger partial charge in [-0.3, -0.25) is 9.59 Å². The molecule has 0 spiro atoms. The van der Waals surface area contributed by atoms with Crippen LogP contribution in [-0.4, -0.2) is 34.5 Å². The van der Waals surface area contributed by atoms with Crippen molar-refractivity contribution in [1.29, 1.82) is 5.26 Å². The van der Waals surface area contributed by atoms with Crippen molar-refractivity contribution in [3.05, 3.63) is 12.2 Å². The highest BCUT2D eigenvalue weighted by molar-refractivity contribution is 5.87. The van der Waals surface area contributed by atoms with Gasteiger partial charge in [-0.2, -0.15) is 5.26 Å². The largest absolute Gasteiger partial charge is 0.481 e. The van der Waals surface area contributed by atoms with Crippen LogP contribution in [0.1, 0.15) is 25.7 Å². The van der Waals surface area contributed by atoms with E-state index in [4.69, 9.17) is 5.26 Å². The molecule has 2 unspecified atom stereocenters. The Morgan fingerprint density at radius 2 is 1.90 bits per heavy atom. The van der Waals surface area contributed by atoms with Crippen LogP contribution in [-0.2, 0) is 9.59 Å². The maximum absolute atomic E-state index is 12.8. The number of aliphatic carboxylic acids is 1. The Bertz CT molecular complexity index is 504. The second kappa shape index (κ2) is 4.93. The number of amides is 1. The van der Waals surface area contributed by atoms with Gasteiger partial charge >= 0.3 is 5.97 Å². The van der Waals surface area contributed by atoms with E-state index in [0.29, 0.717) is 13.0 Å². The SMILES string of the molecule is N#CCCN(C(=O)[C@H]1C2C=CC(C2)[C@H]1C(=O)O)C1CC1. The van der Waals surface area contributed by atoms with Crippen LogP contribution in [0.25, 0.3) is 0 Å². The lowest BCUT2D eigenvalue weighted by molar-refractivity contribution is -0.151. The Kier molecular flexibility index (Phi) is 3.25. The van der Waals surface area contributed by atoms with Crippen molar-refractivity contribution >= 4 is 11.9 Å². The Morgan fingerprint density at radius 3 is 2.45 bits per heavy atom. The van der Waals surface area contributed by atoms with E-state index in [9.17, 15) is 14.7 Å². The molecule has 5 heteroatoms. The van der Waals surface area contributed by atoms with Crippen molar-refractivity contribution < 1.29 is 14.7 Å². The minimum Gasteiger partial charge on any atom is -0.481 e. The number of fused-ring (bicyclic) bond motifs is 2. The lowest BCUT2D eigenvalue weighted by Crippen LogP contribution is -2.44. The molecule has 106 valence electrons. The fraction of sp³-hybridized carbons (Fsp3) is 0.667. The molecule has 1 amide bonds. The number of nitriles is 1. The zero-order valence-electron chi connectivity index (χ0n) is 11.2. The van der Waals surface area contributed by atoms with Gasteiger partial charge in [-0.15, -0.1) is 0 Å². The zero-order valence-corrected chi connectivity index (χ0v) is 11.2. The van der Waals surface area contributed by atoms with Crippen molar-refractivity contribution in [1.82, 2.24) is 4.90 Å². The average molecular weight is 274 g/mol. The van der Waals surface area contributed by atoms with Gasteiger partial charge in [0.05, 0.1) is 24.3 Å². The van der Waals surface area contributed by atoms with Gasteiger partial charge in [0, 0.05) is 12.6 Å². The minimum atomic E-state index is -0.865. The molecule has 0 saturated heterocycles. The fourth-order valence-corrected chi connectivity index (χ4v) is 3.72. The summed E-state index contributed by atoms with van der Waals surface area (Å²) < 4.78 is 0. The van der Waals surface area contributed by atoms with Crippen LogP contribution in [0.2, 0.25) is 0 Å². The number of rotatable bonds is 5. The van der Waals surface area contributed by atoms with Crippen LogP contribution in [0.3, 0.4) is 0 Å². The van der Waals surface area contributed by atoms with E-state index in [0.717, 1.165) is 19.3 Å². The first-order valence-corrected chi connectivity index (χ1v) is 7.22. The highest BCUT2D eigenvalue weighted by Crippen LogP contribution is 2.49. The first-order valence-electron chi connectivity index (χ1n) is 7.22. The van der Waals surface area contributed by atoms with E-state index in [1.807, 2.05) is 12.2 Å². The summed E-state index contributed by atoms with van der Waals surface area (Å²) in [5.41, 5.74) is 0. The molecule has 2 saturated carbocycles. The second-order valence-electron chi connectivity index (χ2n) is 6.01. The van der Waals surface area contributed by atoms with Gasteiger partial charge < -0.3 is 10.0 Å². The molecule has 0 aromatic rings. The van der Waals surface area contributed by atoms with Crippen LogP contribution < -0.4 is 0 Å². The van der Waals surface area contributed by atoms with Crippen LogP contribution in [0, 0.1) is 35.0 Å². The number of carboxylic acid groups (broad SMARTS) is 1. The molecule has 4 atom stereocenters. The molecule has 0 aliphatic heterocycles. The van der Waals surface area contributed by atoms with Gasteiger partial charge in [-0.05, 0) is 31.1 Å². The van der Waals surface area contributed by atoms with Gasteiger partial charge in [0.15, 0.2) is 0 Å². The molecule has 0 heterocycles. The van der Waals surface area contributed by atoms with Gasteiger partial charge in [0.1, 0.15) is 0 Å². The standard InChI is InChI=1S/C15H18N2O3/c16-6-1-7-17(11-4-5-11)14(18)12-9-2-3-10(8-9)13(12)15(19)20/h2-3,9-13H,1,4-5,7-8H2,(H,19,20)/t9?,10?,12-,13+/m0/s1. The predicted molar refractivity (Wildman–Crippen MR) is 70.3 cm³/mol. The Hall–Kier alpha value is -1.83. The number of hydrogen-bond acceptors (Lipinski definition) is 3. The summed E-state index contributed by atoms with van der Waals surface area (Å²) in [7, 11) is 0. The highest BCUT2D eigenvalue weighted by atomic mass is 16.4. The fourth-order valence-electron chi connectivity index (χ4n) is 3.72. The minimum absolute atomic E-state index is 0.00321. The molecule has 2 fully saturated rings. The van der Waals surface area contributed by atoms with Crippen LogP contribution in [0.5, 0.6) is 0 Å². The lowest BCUT2D eigenvalue weighted by atomic mass is 9.82. The molecule has 2 bridgehead atoms. The molecule has 1 N–H and O–H groups in total. The van der Waals surface area contributed by atoms with E-state index < -0.39 is 17.8 Å². The maximum Gasteiger partial charge on any atom is 0.307 e. The third-order valence-corrected chi connectivity index (χ3v) is 4.76. The number of allylic oxidation sites excluding steroid dienone is 2. The average Bonchev–Trinajstić information content (AvgIpc) is 3.05. The zero-order chi connectivity index (χ0) is 14.3. The Labute approximate surface area is 117 Å². The van der Waals surface area contributed by atoms with Gasteiger partial charge in [-0.1, -0.05) is 12.2 Å². The number of hydrogen-bond donors (Lipinski definition) is 1. The number of nitrogens with zero attached hydrogens (tertiary/aromatic N) is 2. The van der Waals surface area contributed by atoms with Gasteiger partial charge in [0.25, 0.3) is 0 Å². The van der Waals surface area contributed by atoms with Crippen molar-refractivity contribution in [3.63, 3.8) is 0 Å². The van der Waals surface area contributed by atoms with E-state index in [1.165, 1.54) is 0 Å². The topological polar surface area (TPSA) is 81.4 Å². The van der Waals surface area contributed by atoms with Crippen molar-refractivity contribution in [2.75, 3.05) is 6.54 Å². The summed E-state index contributed by atoms with van der Waals surface area (Å²) in [5, 5.41) is 18.1. The van der Waals surface area contributed by atoms with E-state index in [-0.39, 0.29) is 23.8 Å². The monoisotopic (exact) mass is 274 g/mol. The smallest absolute Gasteiger partial charge is 0.307 e. The quantitative estimate of drug-likeness (QED) is 0.769. The molecule has 0 radical (unpaired) electrons. The molecule has 0 aromatic heterocycles. The summed E-state index contributed by atoms with van der Waals surface area (Å²) in [6.07, 6.45) is 7.00. The Morgan fingerprint density at radius 1 is 1.25 bits per heavy atom. The second-order valence-corrected chi connectivity index (χ2v) is 6.01. The molecular weight excluding hydrogens is 256 g/mol. The molecular formula is C15H18N2O3. The van der Waals surface area contributed by atoms with Crippen LogP contribution >= 0.6 is 0 Å². The molecule has 3 aliphatic rings. The van der Waals surface area contributed by atoms with Crippen LogP contribution in [0.15, 0.2) is 12.2 Å².